The summed E-state index contributed by atoms with van der Waals surface area (Å²) in [6.45, 7) is 7.17. The SMILES string of the molecule is O=[N+]([O-])C1=CC(=[N+]([O-])[O-])c2nnnn2C1C1C(N2CCOCC2)=CC(=[N+]2CCOCC2)C=C1N1CCOCC1. The number of nitrogens with zero attached hydrogens (tertiary/aromatic N) is 9. The maximum atomic E-state index is 12.5. The number of tetrazole rings is 1. The zero-order valence-electron chi connectivity index (χ0n) is 21.3. The van der Waals surface area contributed by atoms with Crippen molar-refractivity contribution >= 4 is 11.4 Å². The summed E-state index contributed by atoms with van der Waals surface area (Å²) in [5.74, 6) is -0.695. The number of hydrogen-bond donors (Lipinski definition) is 0. The summed E-state index contributed by atoms with van der Waals surface area (Å²) in [6.07, 6.45) is 5.17. The summed E-state index contributed by atoms with van der Waals surface area (Å²) >= 11 is 0. The molecule has 0 saturated carbocycles. The Morgan fingerprint density at radius 2 is 1.41 bits per heavy atom. The van der Waals surface area contributed by atoms with Gasteiger partial charge in [-0.1, -0.05) is 0 Å². The molecular formula is C23H29N9O7. The average molecular weight is 544 g/mol. The van der Waals surface area contributed by atoms with Crippen LogP contribution in [-0.4, -0.2) is 135 Å². The molecule has 5 heterocycles. The molecule has 16 heteroatoms. The van der Waals surface area contributed by atoms with Gasteiger partial charge in [-0.15, -0.1) is 5.10 Å². The number of allylic oxidation sites excluding steroid dienone is 4. The van der Waals surface area contributed by atoms with Gasteiger partial charge in [0.05, 0.1) is 43.3 Å². The van der Waals surface area contributed by atoms with Crippen LogP contribution in [0.25, 0.3) is 0 Å². The molecule has 0 N–H and O–H groups in total. The molecule has 3 fully saturated rings. The number of hydrogen-bond acceptors (Lipinski definition) is 12. The predicted molar refractivity (Wildman–Crippen MR) is 133 cm³/mol. The van der Waals surface area contributed by atoms with E-state index in [1.807, 2.05) is 0 Å². The molecule has 0 bridgehead atoms. The fourth-order valence-electron chi connectivity index (χ4n) is 5.79. The second kappa shape index (κ2) is 10.7. The Morgan fingerprint density at radius 1 is 0.846 bits per heavy atom. The largest absolute Gasteiger partial charge is 0.612 e. The molecule has 5 aliphatic rings. The van der Waals surface area contributed by atoms with Gasteiger partial charge in [-0.2, -0.15) is 4.90 Å². The molecule has 1 atom stereocenters. The first-order valence-corrected chi connectivity index (χ1v) is 13.0. The van der Waals surface area contributed by atoms with Crippen LogP contribution in [0.1, 0.15) is 11.9 Å². The Morgan fingerprint density at radius 3 is 1.95 bits per heavy atom. The summed E-state index contributed by atoms with van der Waals surface area (Å²) in [5.41, 5.74) is 1.89. The first-order valence-electron chi connectivity index (χ1n) is 13.0. The fourth-order valence-corrected chi connectivity index (χ4v) is 5.79. The second-order valence-corrected chi connectivity index (χ2v) is 9.70. The minimum absolute atomic E-state index is 0.110. The lowest BCUT2D eigenvalue weighted by Crippen LogP contribution is -2.48. The predicted octanol–water partition coefficient (Wildman–Crippen LogP) is -1.27. The van der Waals surface area contributed by atoms with Crippen molar-refractivity contribution in [2.24, 2.45) is 5.92 Å². The molecule has 6 rings (SSSR count). The molecule has 208 valence electrons. The molecule has 1 aliphatic carbocycles. The lowest BCUT2D eigenvalue weighted by atomic mass is 9.82. The van der Waals surface area contributed by atoms with E-state index in [0.29, 0.717) is 65.8 Å². The zero-order valence-corrected chi connectivity index (χ0v) is 21.3. The van der Waals surface area contributed by atoms with Crippen molar-refractivity contribution in [1.82, 2.24) is 30.0 Å². The Hall–Kier alpha value is -3.89. The van der Waals surface area contributed by atoms with E-state index in [0.717, 1.165) is 36.3 Å². The maximum absolute atomic E-state index is 12.5. The first kappa shape index (κ1) is 25.4. The molecule has 16 nitrogen and oxygen atoms in total. The highest BCUT2D eigenvalue weighted by Crippen LogP contribution is 2.43. The lowest BCUT2D eigenvalue weighted by Gasteiger charge is -2.43. The fraction of sp³-hybridized carbons (Fsp3) is 0.609. The standard InChI is InChI=1S/C23H29N9O7/c33-31(34)19-15-20(32(35)36)23-24-25-26-30(23)22(19)21-17(28-3-9-38-10-4-28)13-16(27-1-7-37-8-2-27)14-18(21)29-5-11-39-12-6-29/h13-15,21-22H,1-12H2. The highest BCUT2D eigenvalue weighted by atomic mass is 16.8. The third kappa shape index (κ3) is 4.74. The maximum Gasteiger partial charge on any atom is 0.278 e. The summed E-state index contributed by atoms with van der Waals surface area (Å²) in [7, 11) is 0. The van der Waals surface area contributed by atoms with Gasteiger partial charge in [0.2, 0.25) is 11.5 Å². The first-order chi connectivity index (χ1) is 19.0. The number of nitro groups is 1. The van der Waals surface area contributed by atoms with Crippen molar-refractivity contribution in [3.05, 3.63) is 61.7 Å². The highest BCUT2D eigenvalue weighted by Gasteiger charge is 2.49. The van der Waals surface area contributed by atoms with Gasteiger partial charge in [-0.25, -0.2) is 9.26 Å². The van der Waals surface area contributed by atoms with E-state index in [1.54, 1.807) is 0 Å². The van der Waals surface area contributed by atoms with E-state index >= 15 is 0 Å². The molecule has 1 aromatic heterocycles. The molecule has 0 spiro atoms. The van der Waals surface area contributed by atoms with E-state index in [9.17, 15) is 20.5 Å². The van der Waals surface area contributed by atoms with Crippen LogP contribution in [0.5, 0.6) is 0 Å². The number of ether oxygens (including phenoxy) is 3. The molecule has 0 radical (unpaired) electrons. The van der Waals surface area contributed by atoms with E-state index in [1.165, 1.54) is 4.68 Å². The molecule has 3 saturated heterocycles. The van der Waals surface area contributed by atoms with Gasteiger partial charge in [0, 0.05) is 49.7 Å². The van der Waals surface area contributed by atoms with E-state index < -0.39 is 27.5 Å². The summed E-state index contributed by atoms with van der Waals surface area (Å²) in [5, 5.41) is 47.7. The van der Waals surface area contributed by atoms with Crippen LogP contribution < -0.4 is 0 Å². The molecule has 4 aliphatic heterocycles. The van der Waals surface area contributed by atoms with E-state index in [4.69, 9.17) is 14.2 Å². The van der Waals surface area contributed by atoms with Crippen LogP contribution in [0, 0.1) is 26.4 Å². The van der Waals surface area contributed by atoms with Crippen LogP contribution in [0.3, 0.4) is 0 Å². The minimum atomic E-state index is -1.01. The van der Waals surface area contributed by atoms with Crippen LogP contribution in [-0.2, 0) is 14.2 Å². The Labute approximate surface area is 223 Å². The van der Waals surface area contributed by atoms with Gasteiger partial charge >= 0.3 is 0 Å². The number of morpholine rings is 3. The van der Waals surface area contributed by atoms with Crippen molar-refractivity contribution in [2.45, 2.75) is 6.04 Å². The summed E-state index contributed by atoms with van der Waals surface area (Å²) in [6, 6.07) is -1.01. The van der Waals surface area contributed by atoms with Crippen LogP contribution in [0.15, 0.2) is 35.3 Å². The zero-order chi connectivity index (χ0) is 26.9. The molecular weight excluding hydrogens is 514 g/mol. The number of aromatic nitrogens is 4. The van der Waals surface area contributed by atoms with Gasteiger partial charge in [-0.05, 0) is 10.4 Å². The van der Waals surface area contributed by atoms with Gasteiger partial charge < -0.3 is 34.4 Å². The average Bonchev–Trinajstić information content (AvgIpc) is 3.47. The van der Waals surface area contributed by atoms with Crippen LogP contribution in [0.2, 0.25) is 0 Å². The smallest absolute Gasteiger partial charge is 0.278 e. The topological polar surface area (TPSA) is 173 Å². The van der Waals surface area contributed by atoms with Gasteiger partial charge in [0.1, 0.15) is 13.2 Å². The van der Waals surface area contributed by atoms with E-state index in [-0.39, 0.29) is 11.5 Å². The normalized spacial score (nSPS) is 26.1. The monoisotopic (exact) mass is 543 g/mol. The Bertz CT molecular complexity index is 1240. The molecule has 39 heavy (non-hydrogen) atoms. The third-order valence-electron chi connectivity index (χ3n) is 7.65. The molecule has 1 unspecified atom stereocenters. The Balaban J connectivity index is 1.56. The number of rotatable bonds is 4. The van der Waals surface area contributed by atoms with Crippen molar-refractivity contribution < 1.29 is 28.6 Å². The van der Waals surface area contributed by atoms with Crippen molar-refractivity contribution in [3.63, 3.8) is 0 Å². The van der Waals surface area contributed by atoms with Crippen LogP contribution >= 0.6 is 0 Å². The quantitative estimate of drug-likeness (QED) is 0.191. The molecule has 0 aromatic carbocycles. The van der Waals surface area contributed by atoms with Gasteiger partial charge in [0.25, 0.3) is 11.4 Å². The number of fused-ring (bicyclic) bond motifs is 1. The molecule has 0 amide bonds. The van der Waals surface area contributed by atoms with E-state index in [2.05, 4.69) is 42.1 Å². The summed E-state index contributed by atoms with van der Waals surface area (Å²) < 4.78 is 20.3. The molecule has 1 aromatic rings. The third-order valence-corrected chi connectivity index (χ3v) is 7.65. The Kier molecular flexibility index (Phi) is 6.97. The van der Waals surface area contributed by atoms with Gasteiger partial charge in [0.15, 0.2) is 19.1 Å². The minimum Gasteiger partial charge on any atom is -0.612 e. The van der Waals surface area contributed by atoms with Gasteiger partial charge in [-0.3, -0.25) is 10.1 Å². The van der Waals surface area contributed by atoms with Crippen molar-refractivity contribution in [3.8, 4) is 0 Å². The van der Waals surface area contributed by atoms with Crippen molar-refractivity contribution in [1.29, 1.82) is 0 Å². The lowest BCUT2D eigenvalue weighted by molar-refractivity contribution is -0.548. The highest BCUT2D eigenvalue weighted by molar-refractivity contribution is 6.04. The summed E-state index contributed by atoms with van der Waals surface area (Å²) in [4.78, 5) is 15.6. The van der Waals surface area contributed by atoms with Crippen molar-refractivity contribution in [2.75, 3.05) is 78.9 Å². The second-order valence-electron chi connectivity index (χ2n) is 9.70. The van der Waals surface area contributed by atoms with Crippen LogP contribution in [0.4, 0.5) is 0 Å².